The van der Waals surface area contributed by atoms with E-state index in [0.29, 0.717) is 12.3 Å². The molecule has 1 heterocycles. The predicted octanol–water partition coefficient (Wildman–Crippen LogP) is 3.56. The molecule has 0 bridgehead atoms. The molecule has 1 atom stereocenters. The van der Waals surface area contributed by atoms with Gasteiger partial charge in [-0.05, 0) is 12.1 Å². The maximum atomic E-state index is 13.4. The summed E-state index contributed by atoms with van der Waals surface area (Å²) in [5, 5.41) is 5.50. The van der Waals surface area contributed by atoms with Crippen molar-refractivity contribution in [3.8, 4) is 18.1 Å². The minimum absolute atomic E-state index is 0.0332. The molecule has 1 aromatic heterocycles. The first kappa shape index (κ1) is 17.8. The number of rotatable bonds is 6. The van der Waals surface area contributed by atoms with Gasteiger partial charge in [0.2, 0.25) is 0 Å². The first-order chi connectivity index (χ1) is 11.5. The summed E-state index contributed by atoms with van der Waals surface area (Å²) in [4.78, 5) is 18.1. The Kier molecular flexibility index (Phi) is 6.15. The van der Waals surface area contributed by atoms with E-state index in [-0.39, 0.29) is 24.2 Å². The fourth-order valence-electron chi connectivity index (χ4n) is 2.11. The van der Waals surface area contributed by atoms with Crippen LogP contribution in [-0.2, 0) is 0 Å². The molecule has 0 spiro atoms. The summed E-state index contributed by atoms with van der Waals surface area (Å²) in [5.74, 6) is 2.28. The van der Waals surface area contributed by atoms with Gasteiger partial charge >= 0.3 is 6.03 Å². The van der Waals surface area contributed by atoms with E-state index >= 15 is 0 Å². The number of hydrogen-bond donors (Lipinski definition) is 1. The lowest BCUT2D eigenvalue weighted by atomic mass is 10.2. The molecule has 24 heavy (non-hydrogen) atoms. The maximum Gasteiger partial charge on any atom is 0.321 e. The smallest absolute Gasteiger partial charge is 0.321 e. The Labute approximate surface area is 144 Å². The van der Waals surface area contributed by atoms with Crippen LogP contribution in [-0.4, -0.2) is 36.1 Å². The molecule has 0 saturated heterocycles. The summed E-state index contributed by atoms with van der Waals surface area (Å²) in [6.45, 7) is 2.51. The number of aromatic nitrogens is 1. The van der Waals surface area contributed by atoms with Gasteiger partial charge in [0.15, 0.2) is 0 Å². The Hall–Kier alpha value is -2.59. The monoisotopic (exact) mass is 347 g/mol. The molecule has 0 aliphatic carbocycles. The lowest BCUT2D eigenvalue weighted by Crippen LogP contribution is -2.34. The van der Waals surface area contributed by atoms with Gasteiger partial charge in [-0.1, -0.05) is 12.8 Å². The normalized spacial score (nSPS) is 11.4. The Morgan fingerprint density at radius 2 is 2.38 bits per heavy atom. The van der Waals surface area contributed by atoms with E-state index < -0.39 is 5.82 Å². The zero-order chi connectivity index (χ0) is 17.5. The molecular weight excluding hydrogens is 329 g/mol. The molecule has 1 aromatic carbocycles. The largest absolute Gasteiger partial charge is 0.479 e. The summed E-state index contributed by atoms with van der Waals surface area (Å²) in [5.41, 5.74) is 0.240. The molecule has 5 nitrogen and oxygen atoms in total. The van der Waals surface area contributed by atoms with Gasteiger partial charge < -0.3 is 15.0 Å². The fourth-order valence-corrected chi connectivity index (χ4v) is 2.80. The van der Waals surface area contributed by atoms with Gasteiger partial charge in [-0.2, -0.15) is 0 Å². The van der Waals surface area contributed by atoms with E-state index in [0.717, 1.165) is 5.01 Å². The molecular formula is C17H18FN3O2S. The first-order valence-corrected chi connectivity index (χ1v) is 8.16. The lowest BCUT2D eigenvalue weighted by molar-refractivity contribution is 0.220. The highest BCUT2D eigenvalue weighted by atomic mass is 32.1. The molecule has 2 rings (SSSR count). The van der Waals surface area contributed by atoms with Crippen molar-refractivity contribution in [1.82, 2.24) is 9.88 Å². The van der Waals surface area contributed by atoms with Gasteiger partial charge in [0.1, 0.15) is 18.2 Å². The van der Waals surface area contributed by atoms with Crippen LogP contribution >= 0.6 is 11.3 Å². The minimum Gasteiger partial charge on any atom is -0.479 e. The standard InChI is InChI=1S/C17H18FN3O2S/c1-4-8-23-15-6-5-13(18)10-14(15)20-17(22)21(3)11-12(2)16-19-7-9-24-16/h1,5-7,9-10,12H,8,11H2,2-3H3,(H,20,22). The number of terminal acetylenes is 1. The highest BCUT2D eigenvalue weighted by Crippen LogP contribution is 2.26. The van der Waals surface area contributed by atoms with Gasteiger partial charge in [-0.15, -0.1) is 17.8 Å². The number of thiazole rings is 1. The number of anilines is 1. The molecule has 0 aliphatic rings. The molecule has 0 saturated carbocycles. The summed E-state index contributed by atoms with van der Waals surface area (Å²) in [7, 11) is 1.67. The number of benzene rings is 1. The minimum atomic E-state index is -0.475. The highest BCUT2D eigenvalue weighted by molar-refractivity contribution is 7.09. The number of urea groups is 1. The van der Waals surface area contributed by atoms with Gasteiger partial charge in [0.05, 0.1) is 10.7 Å². The average molecular weight is 347 g/mol. The fraction of sp³-hybridized carbons (Fsp3) is 0.294. The number of amides is 2. The third-order valence-corrected chi connectivity index (χ3v) is 4.27. The molecule has 1 unspecified atom stereocenters. The van der Waals surface area contributed by atoms with Crippen molar-refractivity contribution in [3.05, 3.63) is 40.6 Å². The number of carbonyl (C=O) groups excluding carboxylic acids is 1. The summed E-state index contributed by atoms with van der Waals surface area (Å²) in [6.07, 6.45) is 6.89. The van der Waals surface area contributed by atoms with Crippen molar-refractivity contribution in [2.45, 2.75) is 12.8 Å². The van der Waals surface area contributed by atoms with Crippen LogP contribution in [0.4, 0.5) is 14.9 Å². The van der Waals surface area contributed by atoms with E-state index in [1.165, 1.54) is 23.1 Å². The van der Waals surface area contributed by atoms with Crippen molar-refractivity contribution in [1.29, 1.82) is 0 Å². The summed E-state index contributed by atoms with van der Waals surface area (Å²) in [6, 6.07) is 3.51. The van der Waals surface area contributed by atoms with Crippen molar-refractivity contribution < 1.29 is 13.9 Å². The van der Waals surface area contributed by atoms with Crippen LogP contribution in [0.5, 0.6) is 5.75 Å². The molecule has 0 aliphatic heterocycles. The van der Waals surface area contributed by atoms with Crippen LogP contribution in [0.1, 0.15) is 17.8 Å². The predicted molar refractivity (Wildman–Crippen MR) is 92.9 cm³/mol. The van der Waals surface area contributed by atoms with E-state index in [1.807, 2.05) is 12.3 Å². The Morgan fingerprint density at radius 3 is 3.04 bits per heavy atom. The quantitative estimate of drug-likeness (QED) is 0.813. The lowest BCUT2D eigenvalue weighted by Gasteiger charge is -2.21. The molecule has 126 valence electrons. The van der Waals surface area contributed by atoms with E-state index in [1.54, 1.807) is 24.6 Å². The van der Waals surface area contributed by atoms with Crippen molar-refractivity contribution >= 4 is 23.1 Å². The molecule has 0 radical (unpaired) electrons. The summed E-state index contributed by atoms with van der Waals surface area (Å²) >= 11 is 1.54. The number of ether oxygens (including phenoxy) is 1. The zero-order valence-electron chi connectivity index (χ0n) is 13.5. The molecule has 2 amide bonds. The third-order valence-electron chi connectivity index (χ3n) is 3.26. The Balaban J connectivity index is 2.03. The number of likely N-dealkylation sites (N-methyl/N-ethyl adjacent to an activating group) is 1. The third kappa shape index (κ3) is 4.70. The molecule has 0 fully saturated rings. The van der Waals surface area contributed by atoms with E-state index in [9.17, 15) is 9.18 Å². The highest BCUT2D eigenvalue weighted by Gasteiger charge is 2.17. The van der Waals surface area contributed by atoms with Crippen molar-refractivity contribution in [2.24, 2.45) is 0 Å². The molecule has 1 N–H and O–H groups in total. The van der Waals surface area contributed by atoms with Gasteiger partial charge in [0.25, 0.3) is 0 Å². The van der Waals surface area contributed by atoms with Gasteiger partial charge in [-0.25, -0.2) is 14.2 Å². The number of nitrogens with zero attached hydrogens (tertiary/aromatic N) is 2. The second-order valence-electron chi connectivity index (χ2n) is 5.22. The van der Waals surface area contributed by atoms with Crippen LogP contribution < -0.4 is 10.1 Å². The number of halogens is 1. The van der Waals surface area contributed by atoms with Crippen LogP contribution in [0, 0.1) is 18.2 Å². The Morgan fingerprint density at radius 1 is 1.58 bits per heavy atom. The topological polar surface area (TPSA) is 54.5 Å². The van der Waals surface area contributed by atoms with Crippen molar-refractivity contribution in [2.75, 3.05) is 25.5 Å². The molecule has 7 heteroatoms. The maximum absolute atomic E-state index is 13.4. The van der Waals surface area contributed by atoms with E-state index in [2.05, 4.69) is 16.2 Å². The van der Waals surface area contributed by atoms with Crippen LogP contribution in [0.25, 0.3) is 0 Å². The van der Waals surface area contributed by atoms with Crippen LogP contribution in [0.15, 0.2) is 29.8 Å². The first-order valence-electron chi connectivity index (χ1n) is 7.28. The second kappa shape index (κ2) is 8.31. The average Bonchev–Trinajstić information content (AvgIpc) is 3.08. The van der Waals surface area contributed by atoms with Crippen LogP contribution in [0.3, 0.4) is 0 Å². The number of hydrogen-bond acceptors (Lipinski definition) is 4. The number of nitrogens with one attached hydrogen (secondary N) is 1. The zero-order valence-corrected chi connectivity index (χ0v) is 14.3. The van der Waals surface area contributed by atoms with Gasteiger partial charge in [-0.3, -0.25) is 0 Å². The Bertz CT molecular complexity index is 728. The van der Waals surface area contributed by atoms with Crippen LogP contribution in [0.2, 0.25) is 0 Å². The molecule has 2 aromatic rings. The van der Waals surface area contributed by atoms with Gasteiger partial charge in [0, 0.05) is 37.2 Å². The number of carbonyl (C=O) groups is 1. The van der Waals surface area contributed by atoms with Crippen molar-refractivity contribution in [3.63, 3.8) is 0 Å². The SMILES string of the molecule is C#CCOc1ccc(F)cc1NC(=O)N(C)CC(C)c1nccs1. The second-order valence-corrected chi connectivity index (χ2v) is 6.14. The summed E-state index contributed by atoms with van der Waals surface area (Å²) < 4.78 is 18.8. The van der Waals surface area contributed by atoms with E-state index in [4.69, 9.17) is 11.2 Å².